The fourth-order valence-corrected chi connectivity index (χ4v) is 3.70. The van der Waals surface area contributed by atoms with Gasteiger partial charge in [-0.15, -0.1) is 0 Å². The zero-order valence-electron chi connectivity index (χ0n) is 16.9. The SMILES string of the molecule is Cc1ccncc1-c1ccc(N)c(C(=O)Nc2cnccc2N2CCCC(N)C2)n1. The van der Waals surface area contributed by atoms with Gasteiger partial charge >= 0.3 is 0 Å². The summed E-state index contributed by atoms with van der Waals surface area (Å²) in [5, 5.41) is 2.93. The first kappa shape index (κ1) is 19.8. The van der Waals surface area contributed by atoms with E-state index in [0.29, 0.717) is 17.1 Å². The fraction of sp³-hybridized carbons (Fsp3) is 0.273. The summed E-state index contributed by atoms with van der Waals surface area (Å²) >= 11 is 0. The molecule has 1 saturated heterocycles. The predicted molar refractivity (Wildman–Crippen MR) is 118 cm³/mol. The molecule has 154 valence electrons. The van der Waals surface area contributed by atoms with Crippen molar-refractivity contribution < 1.29 is 4.79 Å². The van der Waals surface area contributed by atoms with Crippen LogP contribution >= 0.6 is 0 Å². The molecular weight excluding hydrogens is 378 g/mol. The lowest BCUT2D eigenvalue weighted by Crippen LogP contribution is -2.43. The highest BCUT2D eigenvalue weighted by Crippen LogP contribution is 2.28. The predicted octanol–water partition coefficient (Wildman–Crippen LogP) is 2.61. The number of anilines is 3. The summed E-state index contributed by atoms with van der Waals surface area (Å²) in [5.41, 5.74) is 16.7. The van der Waals surface area contributed by atoms with Gasteiger partial charge in [0.1, 0.15) is 0 Å². The fourth-order valence-electron chi connectivity index (χ4n) is 3.70. The Kier molecular flexibility index (Phi) is 5.58. The number of piperidine rings is 1. The van der Waals surface area contributed by atoms with Crippen LogP contribution < -0.4 is 21.7 Å². The Labute approximate surface area is 175 Å². The number of hydrogen-bond donors (Lipinski definition) is 3. The minimum absolute atomic E-state index is 0.118. The number of rotatable bonds is 4. The monoisotopic (exact) mass is 403 g/mol. The van der Waals surface area contributed by atoms with E-state index in [-0.39, 0.29) is 17.6 Å². The molecule has 1 fully saturated rings. The molecular formula is C22H25N7O. The highest BCUT2D eigenvalue weighted by molar-refractivity contribution is 6.07. The molecule has 0 saturated carbocycles. The van der Waals surface area contributed by atoms with E-state index in [0.717, 1.165) is 42.7 Å². The number of aromatic nitrogens is 3. The van der Waals surface area contributed by atoms with Gasteiger partial charge in [-0.05, 0) is 49.6 Å². The van der Waals surface area contributed by atoms with Crippen molar-refractivity contribution in [3.8, 4) is 11.3 Å². The van der Waals surface area contributed by atoms with Gasteiger partial charge in [0.2, 0.25) is 0 Å². The maximum atomic E-state index is 13.1. The molecule has 8 heteroatoms. The molecule has 1 aliphatic heterocycles. The molecule has 0 aromatic carbocycles. The van der Waals surface area contributed by atoms with Gasteiger partial charge in [-0.1, -0.05) is 0 Å². The molecule has 3 aromatic heterocycles. The van der Waals surface area contributed by atoms with Crippen molar-refractivity contribution >= 4 is 23.0 Å². The summed E-state index contributed by atoms with van der Waals surface area (Å²) in [5.74, 6) is -0.383. The average Bonchev–Trinajstić information content (AvgIpc) is 2.75. The van der Waals surface area contributed by atoms with Gasteiger partial charge in [0.15, 0.2) is 5.69 Å². The summed E-state index contributed by atoms with van der Waals surface area (Å²) in [7, 11) is 0. The molecule has 1 aliphatic rings. The first-order valence-corrected chi connectivity index (χ1v) is 9.96. The lowest BCUT2D eigenvalue weighted by Gasteiger charge is -2.33. The quantitative estimate of drug-likeness (QED) is 0.612. The second kappa shape index (κ2) is 8.46. The van der Waals surface area contributed by atoms with Crippen molar-refractivity contribution in [3.63, 3.8) is 0 Å². The van der Waals surface area contributed by atoms with Crippen molar-refractivity contribution in [2.24, 2.45) is 5.73 Å². The van der Waals surface area contributed by atoms with Gasteiger partial charge in [0, 0.05) is 43.3 Å². The first-order chi connectivity index (χ1) is 14.5. The lowest BCUT2D eigenvalue weighted by atomic mass is 10.1. The Hall–Kier alpha value is -3.52. The summed E-state index contributed by atoms with van der Waals surface area (Å²) in [6.45, 7) is 3.60. The number of aryl methyl sites for hydroxylation is 1. The molecule has 1 atom stereocenters. The second-order valence-corrected chi connectivity index (χ2v) is 7.52. The van der Waals surface area contributed by atoms with E-state index < -0.39 is 0 Å². The Morgan fingerprint density at radius 3 is 2.77 bits per heavy atom. The summed E-state index contributed by atoms with van der Waals surface area (Å²) in [4.78, 5) is 28.1. The number of carbonyl (C=O) groups excluding carboxylic acids is 1. The number of nitrogens with one attached hydrogen (secondary N) is 1. The van der Waals surface area contributed by atoms with Crippen LogP contribution in [0.2, 0.25) is 0 Å². The summed E-state index contributed by atoms with van der Waals surface area (Å²) < 4.78 is 0. The highest BCUT2D eigenvalue weighted by atomic mass is 16.1. The van der Waals surface area contributed by atoms with E-state index >= 15 is 0 Å². The van der Waals surface area contributed by atoms with E-state index in [4.69, 9.17) is 11.5 Å². The number of carbonyl (C=O) groups is 1. The molecule has 0 radical (unpaired) electrons. The van der Waals surface area contributed by atoms with Crippen molar-refractivity contribution in [2.45, 2.75) is 25.8 Å². The third kappa shape index (κ3) is 4.08. The van der Waals surface area contributed by atoms with Crippen LogP contribution in [-0.2, 0) is 0 Å². The van der Waals surface area contributed by atoms with Gasteiger partial charge in [0.25, 0.3) is 5.91 Å². The van der Waals surface area contributed by atoms with E-state index in [1.54, 1.807) is 36.9 Å². The van der Waals surface area contributed by atoms with Crippen molar-refractivity contribution in [3.05, 3.63) is 60.3 Å². The number of nitrogens with zero attached hydrogens (tertiary/aromatic N) is 4. The van der Waals surface area contributed by atoms with Crippen molar-refractivity contribution in [1.82, 2.24) is 15.0 Å². The average molecular weight is 403 g/mol. The maximum Gasteiger partial charge on any atom is 0.276 e. The number of amides is 1. The maximum absolute atomic E-state index is 13.1. The van der Waals surface area contributed by atoms with E-state index in [2.05, 4.69) is 25.2 Å². The van der Waals surface area contributed by atoms with Crippen LogP contribution in [0.3, 0.4) is 0 Å². The van der Waals surface area contributed by atoms with E-state index in [1.165, 1.54) is 0 Å². The van der Waals surface area contributed by atoms with Crippen LogP contribution in [0, 0.1) is 6.92 Å². The van der Waals surface area contributed by atoms with Crippen LogP contribution in [0.25, 0.3) is 11.3 Å². The number of pyridine rings is 3. The molecule has 0 aliphatic carbocycles. The molecule has 3 aromatic rings. The molecule has 0 spiro atoms. The first-order valence-electron chi connectivity index (χ1n) is 9.96. The van der Waals surface area contributed by atoms with Gasteiger partial charge in [-0.2, -0.15) is 0 Å². The zero-order chi connectivity index (χ0) is 21.1. The smallest absolute Gasteiger partial charge is 0.276 e. The molecule has 30 heavy (non-hydrogen) atoms. The second-order valence-electron chi connectivity index (χ2n) is 7.52. The van der Waals surface area contributed by atoms with E-state index in [9.17, 15) is 4.79 Å². The Balaban J connectivity index is 1.62. The summed E-state index contributed by atoms with van der Waals surface area (Å²) in [6.07, 6.45) is 8.82. The van der Waals surface area contributed by atoms with Crippen molar-refractivity contribution in [2.75, 3.05) is 29.0 Å². The van der Waals surface area contributed by atoms with Crippen LogP contribution in [0.15, 0.2) is 49.1 Å². The Bertz CT molecular complexity index is 1070. The van der Waals surface area contributed by atoms with Gasteiger partial charge in [0.05, 0.1) is 29.0 Å². The largest absolute Gasteiger partial charge is 0.397 e. The van der Waals surface area contributed by atoms with Crippen LogP contribution in [0.1, 0.15) is 28.9 Å². The molecule has 0 bridgehead atoms. The molecule has 8 nitrogen and oxygen atoms in total. The molecule has 1 unspecified atom stereocenters. The number of nitrogen functional groups attached to an aromatic ring is 1. The molecule has 5 N–H and O–H groups in total. The minimum atomic E-state index is -0.383. The molecule has 4 rings (SSSR count). The van der Waals surface area contributed by atoms with Crippen LogP contribution in [-0.4, -0.2) is 40.0 Å². The van der Waals surface area contributed by atoms with Gasteiger partial charge in [-0.3, -0.25) is 14.8 Å². The molecule has 4 heterocycles. The van der Waals surface area contributed by atoms with E-state index in [1.807, 2.05) is 19.1 Å². The molecule has 1 amide bonds. The zero-order valence-corrected chi connectivity index (χ0v) is 16.9. The number of nitrogens with two attached hydrogens (primary N) is 2. The standard InChI is InChI=1S/C22H25N7O/c1-14-6-8-25-11-16(14)18-5-4-17(24)21(27-18)22(30)28-19-12-26-9-7-20(19)29-10-2-3-15(23)13-29/h4-9,11-12,15H,2-3,10,13,23-24H2,1H3,(H,28,30). The number of hydrogen-bond acceptors (Lipinski definition) is 7. The lowest BCUT2D eigenvalue weighted by molar-refractivity contribution is 0.102. The van der Waals surface area contributed by atoms with Gasteiger partial charge < -0.3 is 21.7 Å². The highest BCUT2D eigenvalue weighted by Gasteiger charge is 2.21. The van der Waals surface area contributed by atoms with Crippen LogP contribution in [0.4, 0.5) is 17.1 Å². The van der Waals surface area contributed by atoms with Gasteiger partial charge in [-0.25, -0.2) is 4.98 Å². The minimum Gasteiger partial charge on any atom is -0.397 e. The summed E-state index contributed by atoms with van der Waals surface area (Å²) in [6, 6.07) is 7.39. The van der Waals surface area contributed by atoms with Crippen molar-refractivity contribution in [1.29, 1.82) is 0 Å². The topological polar surface area (TPSA) is 123 Å². The Morgan fingerprint density at radius 2 is 1.97 bits per heavy atom. The van der Waals surface area contributed by atoms with Crippen LogP contribution in [0.5, 0.6) is 0 Å². The third-order valence-corrected chi connectivity index (χ3v) is 5.30. The normalized spacial score (nSPS) is 16.3. The Morgan fingerprint density at radius 1 is 1.17 bits per heavy atom. The third-order valence-electron chi connectivity index (χ3n) is 5.30.